The Bertz CT molecular complexity index is 476. The van der Waals surface area contributed by atoms with Crippen LogP contribution in [-0.2, 0) is 0 Å². The number of hydrogen-bond donors (Lipinski definition) is 3. The van der Waals surface area contributed by atoms with E-state index in [2.05, 4.69) is 15.5 Å². The predicted octanol–water partition coefficient (Wildman–Crippen LogP) is 1.99. The normalized spacial score (nSPS) is 11.9. The summed E-state index contributed by atoms with van der Waals surface area (Å²) in [6.07, 6.45) is 1.80. The highest BCUT2D eigenvalue weighted by molar-refractivity contribution is 5.89. The van der Waals surface area contributed by atoms with E-state index in [1.54, 1.807) is 6.20 Å². The minimum atomic E-state index is -0.123. The summed E-state index contributed by atoms with van der Waals surface area (Å²) in [6.45, 7) is 4.93. The Morgan fingerprint density at radius 2 is 2.25 bits per heavy atom. The van der Waals surface area contributed by atoms with Crippen molar-refractivity contribution in [1.82, 2.24) is 10.2 Å². The smallest absolute Gasteiger partial charge is 0.0881 e. The SMILES string of the molecule is CC(C)(CO)CNc1cccc2cn[nH]c12. The van der Waals surface area contributed by atoms with Gasteiger partial charge in [-0.25, -0.2) is 0 Å². The van der Waals surface area contributed by atoms with Crippen LogP contribution in [0.2, 0.25) is 0 Å². The summed E-state index contributed by atoms with van der Waals surface area (Å²) in [7, 11) is 0. The number of aliphatic hydroxyl groups is 1. The van der Waals surface area contributed by atoms with Crippen LogP contribution in [0, 0.1) is 5.41 Å². The van der Waals surface area contributed by atoms with Crippen molar-refractivity contribution < 1.29 is 5.11 Å². The Hall–Kier alpha value is -1.55. The van der Waals surface area contributed by atoms with Gasteiger partial charge in [-0.15, -0.1) is 0 Å². The fourth-order valence-corrected chi connectivity index (χ4v) is 1.51. The molecule has 86 valence electrons. The van der Waals surface area contributed by atoms with Gasteiger partial charge in [0.25, 0.3) is 0 Å². The van der Waals surface area contributed by atoms with Gasteiger partial charge in [0.1, 0.15) is 0 Å². The maximum Gasteiger partial charge on any atom is 0.0881 e. The molecule has 2 aromatic rings. The van der Waals surface area contributed by atoms with Gasteiger partial charge in [0.2, 0.25) is 0 Å². The molecule has 0 saturated heterocycles. The second kappa shape index (κ2) is 4.14. The average Bonchev–Trinajstić information content (AvgIpc) is 2.75. The number of aliphatic hydroxyl groups excluding tert-OH is 1. The third-order valence-corrected chi connectivity index (χ3v) is 2.66. The summed E-state index contributed by atoms with van der Waals surface area (Å²) < 4.78 is 0. The number of anilines is 1. The molecule has 0 aliphatic rings. The van der Waals surface area contributed by atoms with Gasteiger partial charge in [-0.2, -0.15) is 5.10 Å². The van der Waals surface area contributed by atoms with E-state index in [4.69, 9.17) is 0 Å². The van der Waals surface area contributed by atoms with Crippen LogP contribution in [0.1, 0.15) is 13.8 Å². The van der Waals surface area contributed by atoms with E-state index in [1.165, 1.54) is 0 Å². The van der Waals surface area contributed by atoms with Gasteiger partial charge in [0.05, 0.1) is 17.4 Å². The maximum atomic E-state index is 9.19. The van der Waals surface area contributed by atoms with E-state index in [1.807, 2.05) is 32.0 Å². The predicted molar refractivity (Wildman–Crippen MR) is 65.5 cm³/mol. The Kier molecular flexibility index (Phi) is 2.83. The lowest BCUT2D eigenvalue weighted by Crippen LogP contribution is -2.26. The molecule has 4 nitrogen and oxygen atoms in total. The van der Waals surface area contributed by atoms with Crippen molar-refractivity contribution in [3.05, 3.63) is 24.4 Å². The molecule has 1 aromatic heterocycles. The van der Waals surface area contributed by atoms with Gasteiger partial charge < -0.3 is 10.4 Å². The molecule has 0 aliphatic heterocycles. The molecule has 0 atom stereocenters. The van der Waals surface area contributed by atoms with Crippen molar-refractivity contribution in [3.63, 3.8) is 0 Å². The first-order valence-corrected chi connectivity index (χ1v) is 5.39. The minimum Gasteiger partial charge on any atom is -0.396 e. The number of fused-ring (bicyclic) bond motifs is 1. The van der Waals surface area contributed by atoms with Gasteiger partial charge in [-0.1, -0.05) is 26.0 Å². The van der Waals surface area contributed by atoms with Crippen molar-refractivity contribution >= 4 is 16.6 Å². The molecule has 0 saturated carbocycles. The topological polar surface area (TPSA) is 60.9 Å². The number of para-hydroxylation sites is 1. The number of aromatic amines is 1. The number of H-pyrrole nitrogens is 1. The molecule has 0 aliphatic carbocycles. The molecule has 16 heavy (non-hydrogen) atoms. The third kappa shape index (κ3) is 2.17. The second-order valence-electron chi connectivity index (χ2n) is 4.82. The van der Waals surface area contributed by atoms with Crippen molar-refractivity contribution in [2.24, 2.45) is 5.41 Å². The molecule has 0 bridgehead atoms. The highest BCUT2D eigenvalue weighted by Gasteiger charge is 2.16. The van der Waals surface area contributed by atoms with Crippen molar-refractivity contribution in [2.45, 2.75) is 13.8 Å². The number of nitrogens with zero attached hydrogens (tertiary/aromatic N) is 1. The Morgan fingerprint density at radius 1 is 1.44 bits per heavy atom. The van der Waals surface area contributed by atoms with Gasteiger partial charge >= 0.3 is 0 Å². The average molecular weight is 219 g/mol. The summed E-state index contributed by atoms with van der Waals surface area (Å²) in [5.41, 5.74) is 1.91. The number of hydrogen-bond acceptors (Lipinski definition) is 3. The molecule has 1 heterocycles. The molecule has 0 fully saturated rings. The van der Waals surface area contributed by atoms with Crippen LogP contribution in [-0.4, -0.2) is 28.5 Å². The van der Waals surface area contributed by atoms with Gasteiger partial charge in [0.15, 0.2) is 0 Å². The summed E-state index contributed by atoms with van der Waals surface area (Å²) in [6, 6.07) is 6.02. The zero-order chi connectivity index (χ0) is 11.6. The van der Waals surface area contributed by atoms with Gasteiger partial charge in [-0.3, -0.25) is 5.10 Å². The number of aromatic nitrogens is 2. The van der Waals surface area contributed by atoms with Crippen LogP contribution in [0.5, 0.6) is 0 Å². The Morgan fingerprint density at radius 3 is 3.00 bits per heavy atom. The maximum absolute atomic E-state index is 9.19. The Labute approximate surface area is 94.7 Å². The molecule has 0 unspecified atom stereocenters. The number of nitrogens with one attached hydrogen (secondary N) is 2. The zero-order valence-corrected chi connectivity index (χ0v) is 9.62. The first-order chi connectivity index (χ1) is 7.62. The van der Waals surface area contributed by atoms with E-state index < -0.39 is 0 Å². The molecular weight excluding hydrogens is 202 g/mol. The van der Waals surface area contributed by atoms with Crippen molar-refractivity contribution in [3.8, 4) is 0 Å². The van der Waals surface area contributed by atoms with Crippen LogP contribution >= 0.6 is 0 Å². The standard InChI is InChI=1S/C12H17N3O/c1-12(2,8-16)7-13-10-5-3-4-9-6-14-15-11(9)10/h3-6,13,16H,7-8H2,1-2H3,(H,14,15). The fourth-order valence-electron chi connectivity index (χ4n) is 1.51. The van der Waals surface area contributed by atoms with Crippen LogP contribution < -0.4 is 5.32 Å². The van der Waals surface area contributed by atoms with Gasteiger partial charge in [-0.05, 0) is 6.07 Å². The summed E-state index contributed by atoms with van der Waals surface area (Å²) in [5, 5.41) is 20.6. The summed E-state index contributed by atoms with van der Waals surface area (Å²) in [4.78, 5) is 0. The number of benzene rings is 1. The Balaban J connectivity index is 2.18. The van der Waals surface area contributed by atoms with Crippen molar-refractivity contribution in [1.29, 1.82) is 0 Å². The lowest BCUT2D eigenvalue weighted by atomic mass is 9.95. The first-order valence-electron chi connectivity index (χ1n) is 5.39. The first kappa shape index (κ1) is 11.0. The van der Waals surface area contributed by atoms with E-state index >= 15 is 0 Å². The molecule has 3 N–H and O–H groups in total. The lowest BCUT2D eigenvalue weighted by molar-refractivity contribution is 0.171. The molecule has 0 amide bonds. The zero-order valence-electron chi connectivity index (χ0n) is 9.62. The lowest BCUT2D eigenvalue weighted by Gasteiger charge is -2.22. The van der Waals surface area contributed by atoms with Crippen LogP contribution in [0.4, 0.5) is 5.69 Å². The molecule has 1 aromatic carbocycles. The largest absolute Gasteiger partial charge is 0.396 e. The molecule has 4 heteroatoms. The minimum absolute atomic E-state index is 0.123. The molecule has 0 radical (unpaired) electrons. The molecular formula is C12H17N3O. The highest BCUT2D eigenvalue weighted by atomic mass is 16.3. The summed E-state index contributed by atoms with van der Waals surface area (Å²) in [5.74, 6) is 0. The van der Waals surface area contributed by atoms with Crippen molar-refractivity contribution in [2.75, 3.05) is 18.5 Å². The summed E-state index contributed by atoms with van der Waals surface area (Å²) >= 11 is 0. The molecule has 2 rings (SSSR count). The highest BCUT2D eigenvalue weighted by Crippen LogP contribution is 2.22. The van der Waals surface area contributed by atoms with E-state index in [9.17, 15) is 5.11 Å². The monoisotopic (exact) mass is 219 g/mol. The molecule has 0 spiro atoms. The van der Waals surface area contributed by atoms with E-state index in [0.29, 0.717) is 0 Å². The second-order valence-corrected chi connectivity index (χ2v) is 4.82. The van der Waals surface area contributed by atoms with Gasteiger partial charge in [0, 0.05) is 24.0 Å². The number of rotatable bonds is 4. The quantitative estimate of drug-likeness (QED) is 0.737. The van der Waals surface area contributed by atoms with E-state index in [0.717, 1.165) is 23.1 Å². The van der Waals surface area contributed by atoms with Crippen LogP contribution in [0.3, 0.4) is 0 Å². The van der Waals surface area contributed by atoms with E-state index in [-0.39, 0.29) is 12.0 Å². The van der Waals surface area contributed by atoms with Crippen LogP contribution in [0.25, 0.3) is 10.9 Å². The fraction of sp³-hybridized carbons (Fsp3) is 0.417. The third-order valence-electron chi connectivity index (χ3n) is 2.66. The van der Waals surface area contributed by atoms with Crippen LogP contribution in [0.15, 0.2) is 24.4 Å².